The Labute approximate surface area is 191 Å². The number of hydrogen-bond acceptors (Lipinski definition) is 5. The Bertz CT molecular complexity index is 1330. The van der Waals surface area contributed by atoms with Crippen LogP contribution in [0.25, 0.3) is 16.9 Å². The van der Waals surface area contributed by atoms with Crippen LogP contribution in [0.3, 0.4) is 0 Å². The molecule has 0 spiro atoms. The van der Waals surface area contributed by atoms with E-state index in [1.807, 2.05) is 47.1 Å². The summed E-state index contributed by atoms with van der Waals surface area (Å²) in [5, 5.41) is 6.78. The molecular weight excluding hydrogens is 476 g/mol. The van der Waals surface area contributed by atoms with Crippen LogP contribution in [0.15, 0.2) is 59.5 Å². The van der Waals surface area contributed by atoms with E-state index in [2.05, 4.69) is 31.3 Å². The lowest BCUT2D eigenvalue weighted by Crippen LogP contribution is -2.42. The Hall–Kier alpha value is -3.66. The number of anilines is 1. The Kier molecular flexibility index (Phi) is 5.14. The van der Waals surface area contributed by atoms with E-state index in [0.717, 1.165) is 17.7 Å². The third kappa shape index (κ3) is 3.73. The zero-order valence-corrected chi connectivity index (χ0v) is 18.7. The maximum atomic E-state index is 12.6. The van der Waals surface area contributed by atoms with Gasteiger partial charge in [0.2, 0.25) is 5.88 Å². The van der Waals surface area contributed by atoms with Gasteiger partial charge in [0, 0.05) is 44.2 Å². The summed E-state index contributed by atoms with van der Waals surface area (Å²) in [6.45, 7) is 1.39. The summed E-state index contributed by atoms with van der Waals surface area (Å²) in [4.78, 5) is 31.5. The number of nitrogens with one attached hydrogen (secondary N) is 1. The first kappa shape index (κ1) is 20.3. The number of aromatic nitrogens is 4. The maximum Gasteiger partial charge on any atom is 0.418 e. The van der Waals surface area contributed by atoms with Crippen LogP contribution < -0.4 is 10.1 Å². The molecule has 162 valence electrons. The number of ether oxygens (including phenoxy) is 1. The summed E-state index contributed by atoms with van der Waals surface area (Å²) in [5.74, 6) is -0.0932. The van der Waals surface area contributed by atoms with Gasteiger partial charge in [0.05, 0.1) is 22.1 Å². The van der Waals surface area contributed by atoms with Crippen LogP contribution in [0.5, 0.6) is 5.88 Å². The first-order valence-corrected chi connectivity index (χ1v) is 10.8. The minimum absolute atomic E-state index is 0.101. The number of nitrogens with zero attached hydrogens (tertiary/aromatic N) is 5. The Morgan fingerprint density at radius 1 is 1.16 bits per heavy atom. The van der Waals surface area contributed by atoms with Crippen molar-refractivity contribution in [3.63, 3.8) is 0 Å². The molecule has 4 heterocycles. The van der Waals surface area contributed by atoms with E-state index in [0.29, 0.717) is 28.9 Å². The zero-order chi connectivity index (χ0) is 22.2. The highest BCUT2D eigenvalue weighted by atomic mass is 79.9. The van der Waals surface area contributed by atoms with E-state index in [1.165, 1.54) is 10.9 Å². The number of imidazole rings is 1. The van der Waals surface area contributed by atoms with Gasteiger partial charge >= 0.3 is 6.09 Å². The highest BCUT2D eigenvalue weighted by Crippen LogP contribution is 2.28. The third-order valence-corrected chi connectivity index (χ3v) is 5.93. The number of rotatable bonds is 4. The molecule has 0 atom stereocenters. The van der Waals surface area contributed by atoms with Gasteiger partial charge in [0.15, 0.2) is 0 Å². The lowest BCUT2D eigenvalue weighted by Gasteiger charge is -2.30. The number of pyridine rings is 1. The lowest BCUT2D eigenvalue weighted by atomic mass is 10.2. The van der Waals surface area contributed by atoms with Crippen LogP contribution in [-0.2, 0) is 7.05 Å². The van der Waals surface area contributed by atoms with Gasteiger partial charge in [0.1, 0.15) is 11.2 Å². The van der Waals surface area contributed by atoms with Gasteiger partial charge in [-0.25, -0.2) is 14.5 Å². The summed E-state index contributed by atoms with van der Waals surface area (Å²) in [5.41, 5.74) is 3.23. The minimum atomic E-state index is -0.730. The van der Waals surface area contributed by atoms with Crippen LogP contribution in [0.4, 0.5) is 10.5 Å². The maximum absolute atomic E-state index is 12.6. The Morgan fingerprint density at radius 3 is 2.66 bits per heavy atom. The highest BCUT2D eigenvalue weighted by molar-refractivity contribution is 9.10. The fourth-order valence-electron chi connectivity index (χ4n) is 3.46. The van der Waals surface area contributed by atoms with Gasteiger partial charge in [-0.2, -0.15) is 5.10 Å². The van der Waals surface area contributed by atoms with E-state index >= 15 is 0 Å². The molecule has 10 heteroatoms. The minimum Gasteiger partial charge on any atom is -0.390 e. The molecule has 0 aliphatic carbocycles. The molecule has 9 nitrogen and oxygen atoms in total. The number of hydrogen-bond donors (Lipinski definition) is 1. The van der Waals surface area contributed by atoms with Gasteiger partial charge in [-0.05, 0) is 22.4 Å². The molecule has 0 radical (unpaired) electrons. The molecule has 1 aromatic carbocycles. The molecule has 0 bridgehead atoms. The van der Waals surface area contributed by atoms with Gasteiger partial charge in [-0.3, -0.25) is 10.1 Å². The molecule has 0 unspecified atom stereocenters. The van der Waals surface area contributed by atoms with Crippen molar-refractivity contribution in [1.82, 2.24) is 24.1 Å². The lowest BCUT2D eigenvalue weighted by molar-refractivity contribution is 0.0649. The summed E-state index contributed by atoms with van der Waals surface area (Å²) >= 11 is 3.48. The summed E-state index contributed by atoms with van der Waals surface area (Å²) < 4.78 is 9.35. The number of carbonyl (C=O) groups is 2. The molecular formula is C22H19BrN6O3. The second kappa shape index (κ2) is 8.12. The van der Waals surface area contributed by atoms with Gasteiger partial charge in [-0.15, -0.1) is 0 Å². The van der Waals surface area contributed by atoms with Crippen molar-refractivity contribution >= 4 is 39.3 Å². The molecule has 4 aromatic rings. The van der Waals surface area contributed by atoms with Crippen molar-refractivity contribution in [3.8, 4) is 17.1 Å². The summed E-state index contributed by atoms with van der Waals surface area (Å²) in [7, 11) is 1.62. The monoisotopic (exact) mass is 494 g/mol. The zero-order valence-electron chi connectivity index (χ0n) is 17.2. The fraction of sp³-hybridized carbons (Fsp3) is 0.182. The number of benzene rings is 1. The summed E-state index contributed by atoms with van der Waals surface area (Å²) in [6, 6.07) is 11.6. The van der Waals surface area contributed by atoms with Crippen LogP contribution in [0.1, 0.15) is 16.8 Å². The second-order valence-corrected chi connectivity index (χ2v) is 8.29. The largest absolute Gasteiger partial charge is 0.418 e. The Balaban J connectivity index is 1.37. The molecule has 0 saturated carbocycles. The predicted octanol–water partition coefficient (Wildman–Crippen LogP) is 3.95. The van der Waals surface area contributed by atoms with E-state index in [4.69, 9.17) is 4.74 Å². The van der Waals surface area contributed by atoms with Crippen molar-refractivity contribution in [3.05, 3.63) is 65.0 Å². The first-order chi connectivity index (χ1) is 15.5. The number of fused-ring (bicyclic) bond motifs is 1. The van der Waals surface area contributed by atoms with Crippen LogP contribution >= 0.6 is 15.9 Å². The van der Waals surface area contributed by atoms with Crippen LogP contribution in [0.2, 0.25) is 0 Å². The van der Waals surface area contributed by atoms with Crippen LogP contribution in [0, 0.1) is 0 Å². The average molecular weight is 495 g/mol. The molecule has 1 aliphatic rings. The van der Waals surface area contributed by atoms with Crippen molar-refractivity contribution in [2.45, 2.75) is 6.42 Å². The third-order valence-electron chi connectivity index (χ3n) is 5.30. The van der Waals surface area contributed by atoms with Gasteiger partial charge in [-0.1, -0.05) is 30.3 Å². The number of carbonyl (C=O) groups excluding carboxylic acids is 2. The average Bonchev–Trinajstić information content (AvgIpc) is 3.31. The molecule has 32 heavy (non-hydrogen) atoms. The van der Waals surface area contributed by atoms with E-state index in [-0.39, 0.29) is 17.4 Å². The van der Waals surface area contributed by atoms with Crippen molar-refractivity contribution < 1.29 is 14.3 Å². The molecule has 1 aliphatic heterocycles. The quantitative estimate of drug-likeness (QED) is 0.463. The first-order valence-electron chi connectivity index (χ1n) is 10.0. The fourth-order valence-corrected chi connectivity index (χ4v) is 3.89. The molecule has 2 amide bonds. The highest BCUT2D eigenvalue weighted by Gasteiger charge is 2.28. The van der Waals surface area contributed by atoms with Crippen LogP contribution in [-0.4, -0.2) is 49.2 Å². The molecule has 1 saturated heterocycles. The molecule has 1 N–H and O–H groups in total. The van der Waals surface area contributed by atoms with Crippen molar-refractivity contribution in [1.29, 1.82) is 0 Å². The molecule has 5 rings (SSSR count). The smallest absolute Gasteiger partial charge is 0.390 e. The topological polar surface area (TPSA) is 93.8 Å². The van der Waals surface area contributed by atoms with E-state index in [1.54, 1.807) is 18.0 Å². The molecule has 3 aromatic heterocycles. The SMILES string of the molecule is Cn1ncc(C(=O)N2CCC2)c1OC(=O)Nc1cc2nc(-c3ccccc3)cn2cc1Br. The Morgan fingerprint density at radius 2 is 1.94 bits per heavy atom. The number of aryl methyl sites for hydroxylation is 1. The number of amides is 2. The normalized spacial score (nSPS) is 13.1. The van der Waals surface area contributed by atoms with E-state index < -0.39 is 6.09 Å². The number of halogens is 1. The number of likely N-dealkylation sites (tertiary alicyclic amines) is 1. The second-order valence-electron chi connectivity index (χ2n) is 7.44. The van der Waals surface area contributed by atoms with Gasteiger partial charge in [0.25, 0.3) is 5.91 Å². The predicted molar refractivity (Wildman–Crippen MR) is 122 cm³/mol. The van der Waals surface area contributed by atoms with Gasteiger partial charge < -0.3 is 14.0 Å². The summed E-state index contributed by atoms with van der Waals surface area (Å²) in [6.07, 6.45) is 5.39. The molecule has 1 fully saturated rings. The van der Waals surface area contributed by atoms with E-state index in [9.17, 15) is 9.59 Å². The van der Waals surface area contributed by atoms with Crippen molar-refractivity contribution in [2.75, 3.05) is 18.4 Å². The standard InChI is InChI=1S/C22H19BrN6O3/c1-27-21(15(11-24-27)20(30)28-8-5-9-28)32-22(31)26-17-10-19-25-18(13-29(19)12-16(17)23)14-6-3-2-4-7-14/h2-4,6-7,10-13H,5,8-9H2,1H3,(H,26,31). The van der Waals surface area contributed by atoms with Crippen molar-refractivity contribution in [2.24, 2.45) is 7.05 Å².